The molecule has 3 rings (SSSR count). The largest absolute Gasteiger partial charge is 0.342 e. The number of sulfonamides is 1. The lowest BCUT2D eigenvalue weighted by molar-refractivity contribution is -0.136. The minimum atomic E-state index is -3.52. The smallest absolute Gasteiger partial charge is 0.253 e. The number of benzene rings is 1. The molecule has 8 heteroatoms. The zero-order valence-electron chi connectivity index (χ0n) is 17.1. The lowest BCUT2D eigenvalue weighted by Gasteiger charge is -2.34. The van der Waals surface area contributed by atoms with Crippen molar-refractivity contribution in [3.63, 3.8) is 0 Å². The van der Waals surface area contributed by atoms with Gasteiger partial charge in [0.05, 0.1) is 4.90 Å². The van der Waals surface area contributed by atoms with Crippen LogP contribution in [0.25, 0.3) is 0 Å². The Morgan fingerprint density at radius 3 is 2.07 bits per heavy atom. The second-order valence-electron chi connectivity index (χ2n) is 7.83. The van der Waals surface area contributed by atoms with E-state index in [0.29, 0.717) is 38.0 Å². The van der Waals surface area contributed by atoms with Crippen molar-refractivity contribution in [3.05, 3.63) is 29.8 Å². The molecule has 7 nitrogen and oxygen atoms in total. The second kappa shape index (κ2) is 9.71. The fourth-order valence-corrected chi connectivity index (χ4v) is 5.15. The van der Waals surface area contributed by atoms with Crippen molar-refractivity contribution >= 4 is 21.8 Å². The molecule has 0 spiro atoms. The number of amides is 2. The van der Waals surface area contributed by atoms with Gasteiger partial charge in [-0.05, 0) is 49.9 Å². The molecule has 0 aromatic heterocycles. The van der Waals surface area contributed by atoms with E-state index in [9.17, 15) is 18.0 Å². The van der Waals surface area contributed by atoms with Crippen LogP contribution in [0.1, 0.15) is 55.8 Å². The van der Waals surface area contributed by atoms with E-state index >= 15 is 0 Å². The average Bonchev–Trinajstić information content (AvgIpc) is 3.02. The zero-order valence-corrected chi connectivity index (χ0v) is 17.9. The third-order valence-electron chi connectivity index (χ3n) is 5.80. The number of hydrogen-bond acceptors (Lipinski definition) is 4. The summed E-state index contributed by atoms with van der Waals surface area (Å²) in [6, 6.07) is 6.03. The highest BCUT2D eigenvalue weighted by molar-refractivity contribution is 7.89. The summed E-state index contributed by atoms with van der Waals surface area (Å²) in [5.41, 5.74) is 0.470. The molecule has 2 saturated heterocycles. The number of likely N-dealkylation sites (tertiary alicyclic amines) is 2. The Bertz CT molecular complexity index is 807. The molecule has 1 aromatic carbocycles. The van der Waals surface area contributed by atoms with E-state index in [-0.39, 0.29) is 22.6 Å². The topological polar surface area (TPSA) is 86.8 Å². The van der Waals surface area contributed by atoms with Crippen molar-refractivity contribution in [1.82, 2.24) is 14.5 Å². The van der Waals surface area contributed by atoms with Gasteiger partial charge in [0.25, 0.3) is 5.91 Å². The highest BCUT2D eigenvalue weighted by atomic mass is 32.2. The molecule has 0 radical (unpaired) electrons. The maximum absolute atomic E-state index is 12.8. The first kappa shape index (κ1) is 21.8. The molecule has 0 atom stereocenters. The van der Waals surface area contributed by atoms with Crippen LogP contribution in [0.2, 0.25) is 0 Å². The number of carbonyl (C=O) groups is 2. The average molecular weight is 422 g/mol. The predicted octanol–water partition coefficient (Wildman–Crippen LogP) is 2.24. The Balaban J connectivity index is 1.56. The monoisotopic (exact) mass is 421 g/mol. The van der Waals surface area contributed by atoms with E-state index in [0.717, 1.165) is 25.9 Å². The first-order valence-electron chi connectivity index (χ1n) is 10.6. The number of nitrogens with zero attached hydrogens (tertiary/aromatic N) is 2. The quantitative estimate of drug-likeness (QED) is 0.790. The summed E-state index contributed by atoms with van der Waals surface area (Å²) in [4.78, 5) is 29.5. The molecular weight excluding hydrogens is 390 g/mol. The molecule has 29 heavy (non-hydrogen) atoms. The summed E-state index contributed by atoms with van der Waals surface area (Å²) in [5, 5.41) is 0. The number of hydrogen-bond donors (Lipinski definition) is 1. The molecule has 2 heterocycles. The van der Waals surface area contributed by atoms with Gasteiger partial charge >= 0.3 is 0 Å². The zero-order chi connectivity index (χ0) is 20.9. The van der Waals surface area contributed by atoms with Gasteiger partial charge in [-0.3, -0.25) is 9.59 Å². The van der Waals surface area contributed by atoms with Gasteiger partial charge in [-0.2, -0.15) is 0 Å². The maximum atomic E-state index is 12.8. The molecule has 1 aromatic rings. The maximum Gasteiger partial charge on any atom is 0.253 e. The lowest BCUT2D eigenvalue weighted by atomic mass is 9.94. The van der Waals surface area contributed by atoms with Crippen molar-refractivity contribution in [2.75, 3.05) is 32.7 Å². The minimum Gasteiger partial charge on any atom is -0.342 e. The van der Waals surface area contributed by atoms with Crippen LogP contribution in [-0.4, -0.2) is 62.8 Å². The van der Waals surface area contributed by atoms with Crippen LogP contribution in [0, 0.1) is 5.92 Å². The Hall–Kier alpha value is -1.93. The summed E-state index contributed by atoms with van der Waals surface area (Å²) < 4.78 is 26.5. The molecule has 0 aliphatic carbocycles. The summed E-state index contributed by atoms with van der Waals surface area (Å²) in [6.07, 6.45) is 5.95. The minimum absolute atomic E-state index is 0.00443. The van der Waals surface area contributed by atoms with Crippen LogP contribution in [0.5, 0.6) is 0 Å². The van der Waals surface area contributed by atoms with Gasteiger partial charge in [-0.1, -0.05) is 19.8 Å². The van der Waals surface area contributed by atoms with Crippen molar-refractivity contribution in [2.45, 2.75) is 50.3 Å². The van der Waals surface area contributed by atoms with Gasteiger partial charge in [0.1, 0.15) is 0 Å². The molecule has 2 amide bonds. The fourth-order valence-electron chi connectivity index (χ4n) is 4.11. The number of carbonyl (C=O) groups excluding carboxylic acids is 2. The van der Waals surface area contributed by atoms with E-state index in [1.165, 1.54) is 25.0 Å². The van der Waals surface area contributed by atoms with Crippen molar-refractivity contribution in [1.29, 1.82) is 0 Å². The molecular formula is C21H31N3O4S. The Kier molecular flexibility index (Phi) is 7.29. The SMILES string of the molecule is CCNS(=O)(=O)c1ccc(C(=O)N2CCC(C(=O)N3CCCCCC3)CC2)cc1. The Morgan fingerprint density at radius 1 is 0.931 bits per heavy atom. The van der Waals surface area contributed by atoms with Crippen molar-refractivity contribution in [2.24, 2.45) is 5.92 Å². The summed E-state index contributed by atoms with van der Waals surface area (Å²) in [6.45, 7) is 4.87. The number of piperidine rings is 1. The van der Waals surface area contributed by atoms with E-state index in [2.05, 4.69) is 4.72 Å². The molecule has 1 N–H and O–H groups in total. The van der Waals surface area contributed by atoms with Gasteiger partial charge in [0.2, 0.25) is 15.9 Å². The van der Waals surface area contributed by atoms with Crippen LogP contribution < -0.4 is 4.72 Å². The number of nitrogens with one attached hydrogen (secondary N) is 1. The Labute approximate surface area is 173 Å². The van der Waals surface area contributed by atoms with Crippen molar-refractivity contribution in [3.8, 4) is 0 Å². The van der Waals surface area contributed by atoms with Gasteiger partial charge in [-0.15, -0.1) is 0 Å². The van der Waals surface area contributed by atoms with Crippen LogP contribution in [0.4, 0.5) is 0 Å². The highest BCUT2D eigenvalue weighted by Crippen LogP contribution is 2.23. The summed E-state index contributed by atoms with van der Waals surface area (Å²) in [5.74, 6) is 0.139. The summed E-state index contributed by atoms with van der Waals surface area (Å²) >= 11 is 0. The van der Waals surface area contributed by atoms with Gasteiger partial charge < -0.3 is 9.80 Å². The lowest BCUT2D eigenvalue weighted by Crippen LogP contribution is -2.44. The second-order valence-corrected chi connectivity index (χ2v) is 9.60. The molecule has 0 saturated carbocycles. The normalized spacial score (nSPS) is 19.1. The predicted molar refractivity (Wildman–Crippen MR) is 111 cm³/mol. The van der Waals surface area contributed by atoms with Gasteiger partial charge in [-0.25, -0.2) is 13.1 Å². The Morgan fingerprint density at radius 2 is 1.52 bits per heavy atom. The van der Waals surface area contributed by atoms with Crippen LogP contribution in [-0.2, 0) is 14.8 Å². The first-order valence-corrected chi connectivity index (χ1v) is 12.1. The molecule has 2 fully saturated rings. The molecule has 2 aliphatic heterocycles. The van der Waals surface area contributed by atoms with E-state index in [1.54, 1.807) is 24.0 Å². The molecule has 0 bridgehead atoms. The molecule has 0 unspecified atom stereocenters. The van der Waals surface area contributed by atoms with E-state index in [4.69, 9.17) is 0 Å². The fraction of sp³-hybridized carbons (Fsp3) is 0.619. The van der Waals surface area contributed by atoms with Gasteiger partial charge in [0, 0.05) is 44.2 Å². The summed E-state index contributed by atoms with van der Waals surface area (Å²) in [7, 11) is -3.52. The standard InChI is InChI=1S/C21H31N3O4S/c1-2-22-29(27,28)19-9-7-17(8-10-19)20(25)24-15-11-18(12-16-24)21(26)23-13-5-3-4-6-14-23/h7-10,18,22H,2-6,11-16H2,1H3. The van der Waals surface area contributed by atoms with E-state index in [1.807, 2.05) is 4.90 Å². The van der Waals surface area contributed by atoms with E-state index < -0.39 is 10.0 Å². The van der Waals surface area contributed by atoms with Crippen LogP contribution in [0.15, 0.2) is 29.2 Å². The molecule has 160 valence electrons. The highest BCUT2D eigenvalue weighted by Gasteiger charge is 2.30. The van der Waals surface area contributed by atoms with Crippen molar-refractivity contribution < 1.29 is 18.0 Å². The first-order chi connectivity index (χ1) is 13.9. The third kappa shape index (κ3) is 5.36. The van der Waals surface area contributed by atoms with Crippen LogP contribution in [0.3, 0.4) is 0 Å². The van der Waals surface area contributed by atoms with Gasteiger partial charge in [0.15, 0.2) is 0 Å². The third-order valence-corrected chi connectivity index (χ3v) is 7.36. The molecule has 2 aliphatic rings. The van der Waals surface area contributed by atoms with Crippen LogP contribution >= 0.6 is 0 Å². The number of rotatable bonds is 5.